The van der Waals surface area contributed by atoms with E-state index in [1.165, 1.54) is 31.1 Å². The van der Waals surface area contributed by atoms with Crippen LogP contribution in [0.15, 0.2) is 18.2 Å². The minimum absolute atomic E-state index is 0.0369. The third-order valence-electron chi connectivity index (χ3n) is 1.88. The van der Waals surface area contributed by atoms with Crippen LogP contribution in [-0.2, 0) is 6.18 Å². The maximum absolute atomic E-state index is 12.6. The molecule has 0 N–H and O–H groups in total. The van der Waals surface area contributed by atoms with Gasteiger partial charge in [0.2, 0.25) is 5.39 Å². The van der Waals surface area contributed by atoms with Crippen LogP contribution in [0.4, 0.5) is 24.5 Å². The van der Waals surface area contributed by atoms with E-state index in [-0.39, 0.29) is 11.4 Å². The Kier molecular flexibility index (Phi) is 2.84. The standard InChI is InChI=1S/C9H9F3N3/c1-15(2)8-4-3-6(14-13)5-7(8)9(10,11)12/h3-5H,1-2H3/q+1. The van der Waals surface area contributed by atoms with Gasteiger partial charge in [-0.15, -0.1) is 0 Å². The van der Waals surface area contributed by atoms with Crippen LogP contribution in [0.3, 0.4) is 0 Å². The Hall–Kier alpha value is -1.77. The molecule has 0 amide bonds. The van der Waals surface area contributed by atoms with E-state index in [1.807, 2.05) is 0 Å². The fourth-order valence-corrected chi connectivity index (χ4v) is 1.20. The molecule has 1 aromatic rings. The summed E-state index contributed by atoms with van der Waals surface area (Å²) in [7, 11) is 3.03. The largest absolute Gasteiger partial charge is 0.418 e. The molecule has 0 fully saturated rings. The first-order valence-electron chi connectivity index (χ1n) is 4.10. The predicted molar refractivity (Wildman–Crippen MR) is 50.5 cm³/mol. The quantitative estimate of drug-likeness (QED) is 0.674. The lowest BCUT2D eigenvalue weighted by Crippen LogP contribution is -2.16. The molecule has 15 heavy (non-hydrogen) atoms. The minimum atomic E-state index is -4.46. The van der Waals surface area contributed by atoms with E-state index in [0.29, 0.717) is 0 Å². The predicted octanol–water partition coefficient (Wildman–Crippen LogP) is 3.26. The van der Waals surface area contributed by atoms with Gasteiger partial charge in [-0.3, -0.25) is 0 Å². The van der Waals surface area contributed by atoms with Crippen molar-refractivity contribution in [1.29, 1.82) is 5.39 Å². The van der Waals surface area contributed by atoms with Gasteiger partial charge in [0.05, 0.1) is 5.56 Å². The highest BCUT2D eigenvalue weighted by atomic mass is 19.4. The number of alkyl halides is 3. The van der Waals surface area contributed by atoms with Crippen LogP contribution in [0.2, 0.25) is 0 Å². The van der Waals surface area contributed by atoms with Gasteiger partial charge < -0.3 is 4.90 Å². The van der Waals surface area contributed by atoms with Crippen LogP contribution in [-0.4, -0.2) is 14.1 Å². The number of hydrogen-bond acceptors (Lipinski definition) is 2. The van der Waals surface area contributed by atoms with E-state index in [2.05, 4.69) is 4.98 Å². The van der Waals surface area contributed by atoms with Crippen molar-refractivity contribution in [3.63, 3.8) is 0 Å². The lowest BCUT2D eigenvalue weighted by Gasteiger charge is -2.17. The molecule has 0 radical (unpaired) electrons. The summed E-state index contributed by atoms with van der Waals surface area (Å²) >= 11 is 0. The Morgan fingerprint density at radius 1 is 1.27 bits per heavy atom. The van der Waals surface area contributed by atoms with E-state index < -0.39 is 11.7 Å². The number of rotatable bonds is 1. The summed E-state index contributed by atoms with van der Waals surface area (Å²) in [5.74, 6) is 0. The highest BCUT2D eigenvalue weighted by molar-refractivity contribution is 5.61. The number of anilines is 1. The monoisotopic (exact) mass is 216 g/mol. The Bertz CT molecular complexity index is 404. The number of nitrogens with zero attached hydrogens (tertiary/aromatic N) is 3. The topological polar surface area (TPSA) is 31.4 Å². The Morgan fingerprint density at radius 3 is 2.27 bits per heavy atom. The summed E-state index contributed by atoms with van der Waals surface area (Å²) in [5.41, 5.74) is -0.898. The Labute approximate surface area is 84.7 Å². The van der Waals surface area contributed by atoms with Gasteiger partial charge in [-0.05, 0) is 6.07 Å². The number of halogens is 3. The molecule has 0 bridgehead atoms. The summed E-state index contributed by atoms with van der Waals surface area (Å²) in [5, 5.41) is 8.40. The summed E-state index contributed by atoms with van der Waals surface area (Å²) in [6.07, 6.45) is -4.46. The van der Waals surface area contributed by atoms with E-state index in [9.17, 15) is 13.2 Å². The van der Waals surface area contributed by atoms with Crippen molar-refractivity contribution in [2.24, 2.45) is 0 Å². The van der Waals surface area contributed by atoms with Crippen molar-refractivity contribution in [3.8, 4) is 0 Å². The molecule has 0 unspecified atom stereocenters. The molecule has 1 aromatic carbocycles. The van der Waals surface area contributed by atoms with Crippen LogP contribution in [0, 0.1) is 5.39 Å². The molecule has 0 aliphatic rings. The van der Waals surface area contributed by atoms with Crippen molar-refractivity contribution in [3.05, 3.63) is 28.7 Å². The number of hydrogen-bond donors (Lipinski definition) is 0. The Morgan fingerprint density at radius 2 is 1.87 bits per heavy atom. The molecule has 6 heteroatoms. The maximum atomic E-state index is 12.6. The normalized spacial score (nSPS) is 10.9. The molecule has 0 spiro atoms. The van der Waals surface area contributed by atoms with E-state index in [0.717, 1.165) is 6.07 Å². The summed E-state index contributed by atoms with van der Waals surface area (Å²) in [4.78, 5) is 4.08. The summed E-state index contributed by atoms with van der Waals surface area (Å²) < 4.78 is 37.7. The van der Waals surface area contributed by atoms with Gasteiger partial charge in [0.1, 0.15) is 0 Å². The van der Waals surface area contributed by atoms with Gasteiger partial charge in [0.25, 0.3) is 0 Å². The fourth-order valence-electron chi connectivity index (χ4n) is 1.20. The second kappa shape index (κ2) is 3.77. The van der Waals surface area contributed by atoms with Crippen LogP contribution >= 0.6 is 0 Å². The van der Waals surface area contributed by atoms with Crippen molar-refractivity contribution >= 4 is 11.4 Å². The molecule has 80 valence electrons. The van der Waals surface area contributed by atoms with Crippen LogP contribution in [0.1, 0.15) is 5.56 Å². The molecular formula is C9H9F3N3+. The molecule has 0 saturated heterocycles. The average molecular weight is 216 g/mol. The van der Waals surface area contributed by atoms with Gasteiger partial charge in [0.15, 0.2) is 4.98 Å². The van der Waals surface area contributed by atoms with E-state index in [1.54, 1.807) is 0 Å². The zero-order valence-electron chi connectivity index (χ0n) is 8.21. The third-order valence-corrected chi connectivity index (χ3v) is 1.88. The Balaban J connectivity index is 3.37. The van der Waals surface area contributed by atoms with Crippen LogP contribution < -0.4 is 4.90 Å². The lowest BCUT2D eigenvalue weighted by molar-refractivity contribution is -0.137. The molecular weight excluding hydrogens is 207 g/mol. The lowest BCUT2D eigenvalue weighted by atomic mass is 10.1. The zero-order valence-corrected chi connectivity index (χ0v) is 8.21. The summed E-state index contributed by atoms with van der Waals surface area (Å²) in [6, 6.07) is 3.37. The zero-order chi connectivity index (χ0) is 11.6. The molecule has 0 aliphatic heterocycles. The molecule has 0 atom stereocenters. The maximum Gasteiger partial charge on any atom is 0.418 e. The van der Waals surface area contributed by atoms with E-state index >= 15 is 0 Å². The van der Waals surface area contributed by atoms with Crippen LogP contribution in [0.5, 0.6) is 0 Å². The van der Waals surface area contributed by atoms with Crippen molar-refractivity contribution in [2.45, 2.75) is 6.18 Å². The summed E-state index contributed by atoms with van der Waals surface area (Å²) in [6.45, 7) is 0. The van der Waals surface area contributed by atoms with E-state index in [4.69, 9.17) is 5.39 Å². The number of benzene rings is 1. The fraction of sp³-hybridized carbons (Fsp3) is 0.333. The van der Waals surface area contributed by atoms with Crippen molar-refractivity contribution in [1.82, 2.24) is 0 Å². The van der Waals surface area contributed by atoms with Gasteiger partial charge in [-0.1, -0.05) is 0 Å². The first-order chi connectivity index (χ1) is 6.86. The van der Waals surface area contributed by atoms with Crippen molar-refractivity contribution in [2.75, 3.05) is 19.0 Å². The molecule has 0 heterocycles. The average Bonchev–Trinajstić information content (AvgIpc) is 2.15. The molecule has 0 aliphatic carbocycles. The minimum Gasteiger partial charge on any atom is -0.377 e. The SMILES string of the molecule is CN(C)c1ccc([N+]#N)cc1C(F)(F)F. The van der Waals surface area contributed by atoms with Crippen molar-refractivity contribution < 1.29 is 13.2 Å². The smallest absolute Gasteiger partial charge is 0.377 e. The third kappa shape index (κ3) is 2.37. The first-order valence-corrected chi connectivity index (χ1v) is 4.10. The van der Waals surface area contributed by atoms with Gasteiger partial charge in [-0.25, -0.2) is 0 Å². The molecule has 0 aromatic heterocycles. The van der Waals surface area contributed by atoms with Gasteiger partial charge in [0, 0.05) is 31.9 Å². The van der Waals surface area contributed by atoms with Gasteiger partial charge >= 0.3 is 11.9 Å². The second-order valence-corrected chi connectivity index (χ2v) is 3.19. The molecule has 0 saturated carbocycles. The second-order valence-electron chi connectivity index (χ2n) is 3.19. The number of diazo groups is 1. The highest BCUT2D eigenvalue weighted by Crippen LogP contribution is 2.38. The van der Waals surface area contributed by atoms with Crippen LogP contribution in [0.25, 0.3) is 4.98 Å². The van der Waals surface area contributed by atoms with Gasteiger partial charge in [-0.2, -0.15) is 13.2 Å². The highest BCUT2D eigenvalue weighted by Gasteiger charge is 2.35. The first kappa shape index (κ1) is 11.3. The molecule has 1 rings (SSSR count). The molecule has 3 nitrogen and oxygen atoms in total.